The quantitative estimate of drug-likeness (QED) is 0.815. The molecule has 0 unspecified atom stereocenters. The van der Waals surface area contributed by atoms with Gasteiger partial charge in [0.15, 0.2) is 12.0 Å². The number of fused-ring (bicyclic) bond motifs is 1. The predicted molar refractivity (Wildman–Crippen MR) is 69.1 cm³/mol. The van der Waals surface area contributed by atoms with Gasteiger partial charge in [0, 0.05) is 25.4 Å². The van der Waals surface area contributed by atoms with E-state index in [2.05, 4.69) is 16.6 Å². The van der Waals surface area contributed by atoms with Crippen molar-refractivity contribution in [2.75, 3.05) is 18.4 Å². The van der Waals surface area contributed by atoms with E-state index < -0.39 is 0 Å². The molecule has 2 aromatic rings. The number of aromatic nitrogens is 2. The van der Waals surface area contributed by atoms with Crippen LogP contribution in [0.2, 0.25) is 0 Å². The van der Waals surface area contributed by atoms with Crippen molar-refractivity contribution in [3.05, 3.63) is 30.5 Å². The fourth-order valence-electron chi connectivity index (χ4n) is 2.29. The summed E-state index contributed by atoms with van der Waals surface area (Å²) in [5.41, 5.74) is 0.933. The highest BCUT2D eigenvalue weighted by Gasteiger charge is 2.28. The number of pyridine rings is 1. The molecule has 1 fully saturated rings. The number of nitriles is 1. The molecule has 1 atom stereocenters. The molecule has 1 aliphatic rings. The zero-order chi connectivity index (χ0) is 13.2. The Hall–Kier alpha value is -2.55. The molecular formula is C13H13N5O. The monoisotopic (exact) mass is 255 g/mol. The van der Waals surface area contributed by atoms with Crippen LogP contribution in [-0.4, -0.2) is 33.5 Å². The van der Waals surface area contributed by atoms with Gasteiger partial charge in [-0.3, -0.25) is 4.79 Å². The Morgan fingerprint density at radius 1 is 1.53 bits per heavy atom. The van der Waals surface area contributed by atoms with Crippen LogP contribution < -0.4 is 5.32 Å². The number of likely N-dealkylation sites (tertiary alicyclic amines) is 1. The molecule has 3 rings (SSSR count). The molecule has 96 valence electrons. The van der Waals surface area contributed by atoms with Gasteiger partial charge in [-0.15, -0.1) is 0 Å². The van der Waals surface area contributed by atoms with Gasteiger partial charge in [0.05, 0.1) is 11.4 Å². The summed E-state index contributed by atoms with van der Waals surface area (Å²) in [6, 6.07) is 7.56. The third-order valence-electron chi connectivity index (χ3n) is 3.32. The van der Waals surface area contributed by atoms with E-state index >= 15 is 0 Å². The standard InChI is InChI=1S/C13H13N5O/c14-9-17-6-4-10(8-17)13(19)15-12-7-11-3-1-2-5-18(11)16-12/h1-3,5,7,10H,4,6,8H2,(H,15,16,19)/t10-/m0/s1. The number of hydrogen-bond acceptors (Lipinski definition) is 4. The lowest BCUT2D eigenvalue weighted by atomic mass is 10.1. The molecule has 1 aliphatic heterocycles. The lowest BCUT2D eigenvalue weighted by Crippen LogP contribution is -2.25. The van der Waals surface area contributed by atoms with E-state index in [-0.39, 0.29) is 11.8 Å². The minimum atomic E-state index is -0.135. The second-order valence-electron chi connectivity index (χ2n) is 4.62. The predicted octanol–water partition coefficient (Wildman–Crippen LogP) is 1.08. The van der Waals surface area contributed by atoms with E-state index in [0.29, 0.717) is 25.3 Å². The molecule has 3 heterocycles. The van der Waals surface area contributed by atoms with E-state index in [0.717, 1.165) is 5.52 Å². The van der Waals surface area contributed by atoms with Crippen LogP contribution in [0.1, 0.15) is 6.42 Å². The Bertz CT molecular complexity index is 623. The summed E-state index contributed by atoms with van der Waals surface area (Å²) in [5, 5.41) is 15.9. The van der Waals surface area contributed by atoms with Crippen LogP contribution in [0.3, 0.4) is 0 Å². The summed E-state index contributed by atoms with van der Waals surface area (Å²) in [4.78, 5) is 13.7. The Labute approximate surface area is 110 Å². The lowest BCUT2D eigenvalue weighted by Gasteiger charge is -2.08. The molecule has 2 aromatic heterocycles. The maximum absolute atomic E-state index is 12.1. The highest BCUT2D eigenvalue weighted by atomic mass is 16.2. The highest BCUT2D eigenvalue weighted by molar-refractivity contribution is 5.92. The number of amides is 1. The first-order valence-corrected chi connectivity index (χ1v) is 6.16. The number of nitrogens with zero attached hydrogens (tertiary/aromatic N) is 4. The maximum atomic E-state index is 12.1. The summed E-state index contributed by atoms with van der Waals surface area (Å²) < 4.78 is 1.71. The van der Waals surface area contributed by atoms with Gasteiger partial charge in [-0.2, -0.15) is 10.4 Å². The van der Waals surface area contributed by atoms with Crippen molar-refractivity contribution in [2.45, 2.75) is 6.42 Å². The Kier molecular flexibility index (Phi) is 2.80. The second-order valence-corrected chi connectivity index (χ2v) is 4.62. The zero-order valence-corrected chi connectivity index (χ0v) is 10.3. The van der Waals surface area contributed by atoms with Gasteiger partial charge in [0.2, 0.25) is 5.91 Å². The molecule has 0 aliphatic carbocycles. The summed E-state index contributed by atoms with van der Waals surface area (Å²) in [6.07, 6.45) is 4.61. The topological polar surface area (TPSA) is 73.4 Å². The van der Waals surface area contributed by atoms with Crippen molar-refractivity contribution in [1.82, 2.24) is 14.5 Å². The number of rotatable bonds is 2. The van der Waals surface area contributed by atoms with Crippen LogP contribution in [0, 0.1) is 17.4 Å². The van der Waals surface area contributed by atoms with Crippen LogP contribution >= 0.6 is 0 Å². The van der Waals surface area contributed by atoms with Crippen molar-refractivity contribution in [2.24, 2.45) is 5.92 Å². The molecule has 1 N–H and O–H groups in total. The Morgan fingerprint density at radius 2 is 2.42 bits per heavy atom. The van der Waals surface area contributed by atoms with E-state index in [4.69, 9.17) is 5.26 Å². The summed E-state index contributed by atoms with van der Waals surface area (Å²) >= 11 is 0. The first-order valence-electron chi connectivity index (χ1n) is 6.16. The van der Waals surface area contributed by atoms with Crippen LogP contribution in [0.15, 0.2) is 30.5 Å². The van der Waals surface area contributed by atoms with Gasteiger partial charge in [0.25, 0.3) is 0 Å². The average Bonchev–Trinajstić information content (AvgIpc) is 3.04. The van der Waals surface area contributed by atoms with Crippen molar-refractivity contribution in [1.29, 1.82) is 5.26 Å². The van der Waals surface area contributed by atoms with Crippen LogP contribution in [0.5, 0.6) is 0 Å². The molecule has 19 heavy (non-hydrogen) atoms. The van der Waals surface area contributed by atoms with Gasteiger partial charge in [-0.25, -0.2) is 4.52 Å². The first kappa shape index (κ1) is 11.5. The molecule has 6 heteroatoms. The van der Waals surface area contributed by atoms with Gasteiger partial charge in [0.1, 0.15) is 0 Å². The molecule has 1 saturated heterocycles. The van der Waals surface area contributed by atoms with Gasteiger partial charge < -0.3 is 10.2 Å². The van der Waals surface area contributed by atoms with Gasteiger partial charge >= 0.3 is 0 Å². The van der Waals surface area contributed by atoms with Crippen LogP contribution in [0.4, 0.5) is 5.82 Å². The maximum Gasteiger partial charge on any atom is 0.230 e. The normalized spacial score (nSPS) is 18.5. The third kappa shape index (κ3) is 2.22. The Morgan fingerprint density at radius 3 is 3.16 bits per heavy atom. The van der Waals surface area contributed by atoms with Crippen LogP contribution in [0.25, 0.3) is 5.52 Å². The molecule has 1 amide bonds. The van der Waals surface area contributed by atoms with Crippen molar-refractivity contribution in [3.63, 3.8) is 0 Å². The highest BCUT2D eigenvalue weighted by Crippen LogP contribution is 2.18. The number of hydrogen-bond donors (Lipinski definition) is 1. The van der Waals surface area contributed by atoms with E-state index in [1.54, 1.807) is 9.42 Å². The minimum Gasteiger partial charge on any atom is -0.310 e. The van der Waals surface area contributed by atoms with Crippen molar-refractivity contribution < 1.29 is 4.79 Å². The number of nitrogens with one attached hydrogen (secondary N) is 1. The Balaban J connectivity index is 1.71. The zero-order valence-electron chi connectivity index (χ0n) is 10.3. The third-order valence-corrected chi connectivity index (χ3v) is 3.32. The van der Waals surface area contributed by atoms with Crippen molar-refractivity contribution >= 4 is 17.2 Å². The van der Waals surface area contributed by atoms with E-state index in [1.807, 2.05) is 30.5 Å². The molecule has 0 bridgehead atoms. The fraction of sp³-hybridized carbons (Fsp3) is 0.308. The van der Waals surface area contributed by atoms with Crippen molar-refractivity contribution in [3.8, 4) is 6.19 Å². The molecule has 0 saturated carbocycles. The SMILES string of the molecule is N#CN1CC[C@H](C(=O)Nc2cc3ccccn3n2)C1. The molecule has 0 aromatic carbocycles. The summed E-state index contributed by atoms with van der Waals surface area (Å²) in [5.74, 6) is 0.345. The summed E-state index contributed by atoms with van der Waals surface area (Å²) in [6.45, 7) is 1.15. The molecule has 6 nitrogen and oxygen atoms in total. The first-order chi connectivity index (χ1) is 9.26. The second kappa shape index (κ2) is 4.61. The minimum absolute atomic E-state index is 0.0684. The molecule has 0 spiro atoms. The van der Waals surface area contributed by atoms with Crippen LogP contribution in [-0.2, 0) is 4.79 Å². The number of carbonyl (C=O) groups excluding carboxylic acids is 1. The number of anilines is 1. The molecular weight excluding hydrogens is 242 g/mol. The van der Waals surface area contributed by atoms with Gasteiger partial charge in [-0.1, -0.05) is 6.07 Å². The van der Waals surface area contributed by atoms with Gasteiger partial charge in [-0.05, 0) is 18.6 Å². The smallest absolute Gasteiger partial charge is 0.230 e. The summed E-state index contributed by atoms with van der Waals surface area (Å²) in [7, 11) is 0. The lowest BCUT2D eigenvalue weighted by molar-refractivity contribution is -0.119. The average molecular weight is 255 g/mol. The van der Waals surface area contributed by atoms with E-state index in [9.17, 15) is 4.79 Å². The molecule has 0 radical (unpaired) electrons. The number of carbonyl (C=O) groups is 1. The van der Waals surface area contributed by atoms with E-state index in [1.165, 1.54) is 0 Å². The largest absolute Gasteiger partial charge is 0.310 e. The fourth-order valence-corrected chi connectivity index (χ4v) is 2.29.